The monoisotopic (exact) mass is 352 g/mol. The van der Waals surface area contributed by atoms with Gasteiger partial charge in [0.25, 0.3) is 0 Å². The van der Waals surface area contributed by atoms with Crippen molar-refractivity contribution in [3.8, 4) is 5.75 Å². The van der Waals surface area contributed by atoms with E-state index in [2.05, 4.69) is 0 Å². The summed E-state index contributed by atoms with van der Waals surface area (Å²) in [5, 5.41) is 19.2. The maximum Gasteiger partial charge on any atom is 0.307 e. The van der Waals surface area contributed by atoms with Crippen molar-refractivity contribution in [1.29, 1.82) is 0 Å². The van der Waals surface area contributed by atoms with E-state index in [1.165, 1.54) is 0 Å². The van der Waals surface area contributed by atoms with Gasteiger partial charge in [-0.05, 0) is 18.6 Å². The van der Waals surface area contributed by atoms with Crippen LogP contribution in [0, 0.1) is 6.92 Å². The van der Waals surface area contributed by atoms with Gasteiger partial charge in [0.1, 0.15) is 11.2 Å². The molecule has 2 aliphatic rings. The number of Topliss-reactive ketones (excluding diaryl/α,β-unsaturated/α-hetero) is 1. The Bertz CT molecular complexity index is 978. The van der Waals surface area contributed by atoms with E-state index in [1.807, 2.05) is 6.92 Å². The Morgan fingerprint density at radius 3 is 2.38 bits per heavy atom. The first-order valence-electron chi connectivity index (χ1n) is 8.20. The molecule has 0 radical (unpaired) electrons. The molecule has 1 heterocycles. The second kappa shape index (κ2) is 5.17. The van der Waals surface area contributed by atoms with Crippen molar-refractivity contribution in [2.24, 2.45) is 0 Å². The number of aryl methyl sites for hydroxylation is 1. The quantitative estimate of drug-likeness (QED) is 0.877. The second-order valence-corrected chi connectivity index (χ2v) is 6.85. The molecule has 0 saturated carbocycles. The van der Waals surface area contributed by atoms with Gasteiger partial charge in [-0.15, -0.1) is 0 Å². The van der Waals surface area contributed by atoms with Gasteiger partial charge in [0.2, 0.25) is 0 Å². The molecule has 0 aromatic heterocycles. The van der Waals surface area contributed by atoms with E-state index in [0.717, 1.165) is 5.56 Å². The molecule has 6 nitrogen and oxygen atoms in total. The molecule has 2 N–H and O–H groups in total. The minimum Gasteiger partial charge on any atom is -0.481 e. The Hall–Kier alpha value is -3.15. The molecule has 1 aliphatic heterocycles. The zero-order valence-electron chi connectivity index (χ0n) is 14.0. The fourth-order valence-electron chi connectivity index (χ4n) is 4.45. The zero-order chi connectivity index (χ0) is 18.7. The van der Waals surface area contributed by atoms with E-state index < -0.39 is 41.6 Å². The van der Waals surface area contributed by atoms with Gasteiger partial charge in [0, 0.05) is 16.7 Å². The van der Waals surface area contributed by atoms with Crippen LogP contribution in [0.1, 0.15) is 39.9 Å². The molecule has 132 valence electrons. The third-order valence-corrected chi connectivity index (χ3v) is 5.38. The normalized spacial score (nSPS) is 25.2. The fourth-order valence-corrected chi connectivity index (χ4v) is 4.45. The number of carboxylic acid groups (broad SMARTS) is 2. The molecule has 2 aromatic carbocycles. The molecular formula is C20H16O6. The van der Waals surface area contributed by atoms with Crippen molar-refractivity contribution >= 4 is 17.7 Å². The minimum atomic E-state index is -1.59. The van der Waals surface area contributed by atoms with Gasteiger partial charge in [-0.2, -0.15) is 0 Å². The van der Waals surface area contributed by atoms with Crippen molar-refractivity contribution in [3.05, 3.63) is 64.7 Å². The van der Waals surface area contributed by atoms with Gasteiger partial charge in [0.15, 0.2) is 11.4 Å². The first-order valence-corrected chi connectivity index (χ1v) is 8.20. The average molecular weight is 352 g/mol. The fraction of sp³-hybridized carbons (Fsp3) is 0.250. The van der Waals surface area contributed by atoms with E-state index in [0.29, 0.717) is 22.4 Å². The summed E-state index contributed by atoms with van der Waals surface area (Å²) >= 11 is 0. The number of carboxylic acids is 2. The average Bonchev–Trinajstić information content (AvgIpc) is 2.92. The summed E-state index contributed by atoms with van der Waals surface area (Å²) in [5.74, 6) is -2.37. The Balaban J connectivity index is 2.09. The molecule has 6 heteroatoms. The number of hydrogen-bond acceptors (Lipinski definition) is 4. The number of fused-ring (bicyclic) bond motifs is 5. The largest absolute Gasteiger partial charge is 0.481 e. The topological polar surface area (TPSA) is 101 Å². The Kier molecular flexibility index (Phi) is 3.25. The molecule has 0 saturated heterocycles. The molecule has 2 atom stereocenters. The smallest absolute Gasteiger partial charge is 0.307 e. The van der Waals surface area contributed by atoms with E-state index >= 15 is 0 Å². The SMILES string of the molecule is Cc1ccc2c(c1)OC1(CC(=O)O)c3ccccc3C(=O)C21CC(=O)O. The van der Waals surface area contributed by atoms with E-state index in [4.69, 9.17) is 4.74 Å². The summed E-state index contributed by atoms with van der Waals surface area (Å²) in [5.41, 5.74) is -1.09. The summed E-state index contributed by atoms with van der Waals surface area (Å²) in [6, 6.07) is 11.8. The number of aliphatic carboxylic acids is 2. The zero-order valence-corrected chi connectivity index (χ0v) is 14.0. The Labute approximate surface area is 149 Å². The number of rotatable bonds is 4. The molecule has 0 amide bonds. The van der Waals surface area contributed by atoms with Crippen LogP contribution in [0.2, 0.25) is 0 Å². The lowest BCUT2D eigenvalue weighted by Gasteiger charge is -2.36. The number of ether oxygens (including phenoxy) is 1. The third kappa shape index (κ3) is 1.84. The van der Waals surface area contributed by atoms with Gasteiger partial charge >= 0.3 is 11.9 Å². The maximum absolute atomic E-state index is 13.4. The highest BCUT2D eigenvalue weighted by Crippen LogP contribution is 2.63. The number of hydrogen-bond donors (Lipinski definition) is 2. The van der Waals surface area contributed by atoms with Crippen molar-refractivity contribution in [2.45, 2.75) is 30.8 Å². The Morgan fingerprint density at radius 2 is 1.69 bits per heavy atom. The van der Waals surface area contributed by atoms with E-state index in [9.17, 15) is 24.6 Å². The van der Waals surface area contributed by atoms with Gasteiger partial charge < -0.3 is 14.9 Å². The number of ketones is 1. The highest BCUT2D eigenvalue weighted by Gasteiger charge is 2.71. The van der Waals surface area contributed by atoms with Gasteiger partial charge in [-0.25, -0.2) is 0 Å². The molecule has 0 spiro atoms. The molecule has 4 rings (SSSR count). The maximum atomic E-state index is 13.4. The third-order valence-electron chi connectivity index (χ3n) is 5.38. The second-order valence-electron chi connectivity index (χ2n) is 6.85. The van der Waals surface area contributed by atoms with Crippen LogP contribution in [0.3, 0.4) is 0 Å². The molecule has 2 aromatic rings. The minimum absolute atomic E-state index is 0.321. The predicted octanol–water partition coefficient (Wildman–Crippen LogP) is 2.67. The number of benzene rings is 2. The summed E-state index contributed by atoms with van der Waals surface area (Å²) in [6.45, 7) is 1.85. The highest BCUT2D eigenvalue weighted by atomic mass is 16.5. The summed E-state index contributed by atoms with van der Waals surface area (Å²) in [4.78, 5) is 36.9. The van der Waals surface area contributed by atoms with Gasteiger partial charge in [0.05, 0.1) is 12.8 Å². The predicted molar refractivity (Wildman–Crippen MR) is 90.4 cm³/mol. The molecule has 1 aliphatic carbocycles. The van der Waals surface area contributed by atoms with Crippen LogP contribution in [-0.4, -0.2) is 27.9 Å². The molecule has 2 unspecified atom stereocenters. The lowest BCUT2D eigenvalue weighted by molar-refractivity contribution is -0.146. The first-order chi connectivity index (χ1) is 12.3. The molecule has 0 bridgehead atoms. The summed E-state index contributed by atoms with van der Waals surface area (Å²) < 4.78 is 6.15. The van der Waals surface area contributed by atoms with Crippen molar-refractivity contribution in [1.82, 2.24) is 0 Å². The highest BCUT2D eigenvalue weighted by molar-refractivity contribution is 6.13. The van der Waals surface area contributed by atoms with Crippen LogP contribution in [0.5, 0.6) is 5.75 Å². The lowest BCUT2D eigenvalue weighted by Crippen LogP contribution is -2.51. The standard InChI is InChI=1S/C20H16O6/c1-11-6-7-14-15(8-11)26-20(10-17(23)24)13-5-3-2-4-12(13)18(25)19(14,20)9-16(21)22/h2-8H,9-10H2,1H3,(H,21,22)(H,23,24). The molecule has 26 heavy (non-hydrogen) atoms. The molecule has 0 fully saturated rings. The first kappa shape index (κ1) is 16.3. The van der Waals surface area contributed by atoms with E-state index in [-0.39, 0.29) is 0 Å². The van der Waals surface area contributed by atoms with Crippen LogP contribution < -0.4 is 4.74 Å². The van der Waals surface area contributed by atoms with Crippen molar-refractivity contribution in [2.75, 3.05) is 0 Å². The number of carbonyl (C=O) groups excluding carboxylic acids is 1. The van der Waals surface area contributed by atoms with Gasteiger partial charge in [-0.3, -0.25) is 14.4 Å². The Morgan fingerprint density at radius 1 is 1.00 bits per heavy atom. The van der Waals surface area contributed by atoms with Crippen LogP contribution >= 0.6 is 0 Å². The van der Waals surface area contributed by atoms with Crippen LogP contribution in [0.15, 0.2) is 42.5 Å². The molecular weight excluding hydrogens is 336 g/mol. The number of carbonyl (C=O) groups is 3. The van der Waals surface area contributed by atoms with Crippen molar-refractivity contribution < 1.29 is 29.3 Å². The summed E-state index contributed by atoms with van der Waals surface area (Å²) in [6.07, 6.45) is -1.04. The van der Waals surface area contributed by atoms with Crippen LogP contribution in [-0.2, 0) is 20.6 Å². The lowest BCUT2D eigenvalue weighted by atomic mass is 9.65. The summed E-state index contributed by atoms with van der Waals surface area (Å²) in [7, 11) is 0. The van der Waals surface area contributed by atoms with Crippen LogP contribution in [0.25, 0.3) is 0 Å². The van der Waals surface area contributed by atoms with Crippen LogP contribution in [0.4, 0.5) is 0 Å². The van der Waals surface area contributed by atoms with Crippen molar-refractivity contribution in [3.63, 3.8) is 0 Å². The van der Waals surface area contributed by atoms with E-state index in [1.54, 1.807) is 42.5 Å². The van der Waals surface area contributed by atoms with Gasteiger partial charge in [-0.1, -0.05) is 36.4 Å².